The van der Waals surface area contributed by atoms with Crippen molar-refractivity contribution in [1.29, 1.82) is 0 Å². The highest BCUT2D eigenvalue weighted by molar-refractivity contribution is 6.32. The Hall–Kier alpha value is -3.32. The van der Waals surface area contributed by atoms with Crippen LogP contribution in [0.15, 0.2) is 45.6 Å². The van der Waals surface area contributed by atoms with E-state index in [2.05, 4.69) is 5.32 Å². The van der Waals surface area contributed by atoms with E-state index in [1.165, 1.54) is 24.1 Å². The molecule has 3 rings (SSSR count). The largest absolute Gasteiger partial charge is 0.482 e. The molecule has 0 saturated carbocycles. The summed E-state index contributed by atoms with van der Waals surface area (Å²) in [5.41, 5.74) is 3.23. The number of carbonyl (C=O) groups excluding carboxylic acids is 2. The molecule has 1 heterocycles. The summed E-state index contributed by atoms with van der Waals surface area (Å²) in [4.78, 5) is 37.6. The summed E-state index contributed by atoms with van der Waals surface area (Å²) in [6.45, 7) is 5.16. The van der Waals surface area contributed by atoms with Crippen LogP contribution in [0.3, 0.4) is 0 Å². The Balaban J connectivity index is 1.62. The molecule has 8 heteroatoms. The molecule has 162 valence electrons. The summed E-state index contributed by atoms with van der Waals surface area (Å²) in [7, 11) is 1.51. The molecule has 0 radical (unpaired) electrons. The van der Waals surface area contributed by atoms with Crippen molar-refractivity contribution >= 4 is 40.1 Å². The van der Waals surface area contributed by atoms with Gasteiger partial charge in [0.2, 0.25) is 5.91 Å². The number of benzene rings is 2. The maximum absolute atomic E-state index is 12.4. The zero-order chi connectivity index (χ0) is 22.7. The van der Waals surface area contributed by atoms with Gasteiger partial charge in [-0.3, -0.25) is 9.59 Å². The fourth-order valence-corrected chi connectivity index (χ4v) is 3.26. The molecular weight excluding hydrogens is 420 g/mol. The van der Waals surface area contributed by atoms with Crippen LogP contribution in [0.25, 0.3) is 11.0 Å². The topological polar surface area (TPSA) is 88.8 Å². The molecule has 0 fully saturated rings. The number of aryl methyl sites for hydroxylation is 3. The second-order valence-corrected chi connectivity index (χ2v) is 7.84. The lowest BCUT2D eigenvalue weighted by atomic mass is 10.1. The first-order chi connectivity index (χ1) is 14.6. The van der Waals surface area contributed by atoms with Gasteiger partial charge in [0.15, 0.2) is 6.61 Å². The van der Waals surface area contributed by atoms with Gasteiger partial charge in [0.05, 0.1) is 11.6 Å². The second-order valence-electron chi connectivity index (χ2n) is 7.43. The van der Waals surface area contributed by atoms with Crippen molar-refractivity contribution in [2.75, 3.05) is 25.5 Å². The van der Waals surface area contributed by atoms with Gasteiger partial charge < -0.3 is 19.4 Å². The smallest absolute Gasteiger partial charge is 0.336 e. The Morgan fingerprint density at radius 1 is 1.10 bits per heavy atom. The van der Waals surface area contributed by atoms with E-state index in [0.717, 1.165) is 16.7 Å². The average Bonchev–Trinajstić information content (AvgIpc) is 2.69. The Labute approximate surface area is 184 Å². The van der Waals surface area contributed by atoms with Gasteiger partial charge in [-0.1, -0.05) is 23.7 Å². The summed E-state index contributed by atoms with van der Waals surface area (Å²) in [5.74, 6) is -0.506. The molecule has 0 saturated heterocycles. The van der Waals surface area contributed by atoms with Gasteiger partial charge in [-0.05, 0) is 49.6 Å². The van der Waals surface area contributed by atoms with Crippen molar-refractivity contribution < 1.29 is 18.7 Å². The number of hydrogen-bond acceptors (Lipinski definition) is 5. The van der Waals surface area contributed by atoms with Gasteiger partial charge in [0, 0.05) is 30.3 Å². The minimum Gasteiger partial charge on any atom is -0.482 e. The highest BCUT2D eigenvalue weighted by Gasteiger charge is 2.16. The lowest BCUT2D eigenvalue weighted by Gasteiger charge is -2.18. The van der Waals surface area contributed by atoms with Crippen molar-refractivity contribution in [2.45, 2.75) is 20.8 Å². The zero-order valence-corrected chi connectivity index (χ0v) is 18.5. The molecule has 3 aromatic rings. The number of amides is 2. The van der Waals surface area contributed by atoms with Crippen LogP contribution in [0.2, 0.25) is 5.02 Å². The molecule has 0 aliphatic heterocycles. The molecule has 1 N–H and O–H groups in total. The van der Waals surface area contributed by atoms with E-state index in [0.29, 0.717) is 16.7 Å². The summed E-state index contributed by atoms with van der Waals surface area (Å²) in [5, 5.41) is 3.78. The normalized spacial score (nSPS) is 10.7. The third-order valence-electron chi connectivity index (χ3n) is 4.83. The van der Waals surface area contributed by atoms with Gasteiger partial charge in [0.25, 0.3) is 5.91 Å². The number of likely N-dealkylation sites (N-methyl/N-ethyl adjacent to an activating group) is 1. The van der Waals surface area contributed by atoms with Crippen molar-refractivity contribution in [3.05, 3.63) is 68.5 Å². The number of fused-ring (bicyclic) bond motifs is 1. The minimum atomic E-state index is -0.482. The van der Waals surface area contributed by atoms with Gasteiger partial charge in [-0.2, -0.15) is 0 Å². The molecule has 2 aromatic carbocycles. The monoisotopic (exact) mass is 442 g/mol. The molecule has 1 aromatic heterocycles. The van der Waals surface area contributed by atoms with E-state index in [1.807, 2.05) is 32.0 Å². The van der Waals surface area contributed by atoms with Crippen molar-refractivity contribution in [2.24, 2.45) is 0 Å². The molecule has 0 unspecified atom stereocenters. The molecule has 0 aliphatic rings. The highest BCUT2D eigenvalue weighted by atomic mass is 35.5. The number of nitrogens with zero attached hydrogens (tertiary/aromatic N) is 1. The van der Waals surface area contributed by atoms with E-state index in [4.69, 9.17) is 20.8 Å². The second kappa shape index (κ2) is 9.22. The fourth-order valence-electron chi connectivity index (χ4n) is 3.04. The molecular formula is C23H23ClN2O5. The SMILES string of the molecule is Cc1ccc(C)c(NC(=O)CN(C)C(=O)COc2cc3oc(=O)cc(C)c3cc2Cl)c1. The third kappa shape index (κ3) is 5.44. The van der Waals surface area contributed by atoms with E-state index in [-0.39, 0.29) is 29.8 Å². The number of carbonyl (C=O) groups is 2. The van der Waals surface area contributed by atoms with Crippen molar-refractivity contribution in [3.63, 3.8) is 0 Å². The fraction of sp³-hybridized carbons (Fsp3) is 0.261. The molecule has 2 amide bonds. The number of halogens is 1. The first-order valence-corrected chi connectivity index (χ1v) is 9.99. The maximum atomic E-state index is 12.4. The van der Waals surface area contributed by atoms with Crippen LogP contribution in [0, 0.1) is 20.8 Å². The third-order valence-corrected chi connectivity index (χ3v) is 5.12. The van der Waals surface area contributed by atoms with Crippen LogP contribution in [-0.2, 0) is 9.59 Å². The number of anilines is 1. The molecule has 0 atom stereocenters. The van der Waals surface area contributed by atoms with Crippen LogP contribution >= 0.6 is 11.6 Å². The number of rotatable bonds is 6. The predicted octanol–water partition coefficient (Wildman–Crippen LogP) is 3.85. The quantitative estimate of drug-likeness (QED) is 0.586. The highest BCUT2D eigenvalue weighted by Crippen LogP contribution is 2.31. The summed E-state index contributed by atoms with van der Waals surface area (Å²) in [6, 6.07) is 10.2. The first-order valence-electron chi connectivity index (χ1n) is 9.62. The number of ether oxygens (including phenoxy) is 1. The van der Waals surface area contributed by atoms with E-state index in [1.54, 1.807) is 13.0 Å². The van der Waals surface area contributed by atoms with Gasteiger partial charge >= 0.3 is 5.63 Å². The molecule has 0 spiro atoms. The Kier molecular flexibility index (Phi) is 6.65. The summed E-state index contributed by atoms with van der Waals surface area (Å²) < 4.78 is 10.7. The summed E-state index contributed by atoms with van der Waals surface area (Å²) >= 11 is 6.25. The van der Waals surface area contributed by atoms with E-state index < -0.39 is 11.5 Å². The Bertz CT molecular complexity index is 1220. The maximum Gasteiger partial charge on any atom is 0.336 e. The predicted molar refractivity (Wildman–Crippen MR) is 120 cm³/mol. The standard InChI is InChI=1S/C23H23ClN2O5/c1-13-5-6-14(2)18(7-13)25-21(27)11-26(4)22(28)12-30-20-10-19-16(9-17(20)24)15(3)8-23(29)31-19/h5-10H,11-12H2,1-4H3,(H,25,27). The van der Waals surface area contributed by atoms with Crippen LogP contribution in [-0.4, -0.2) is 36.9 Å². The zero-order valence-electron chi connectivity index (χ0n) is 17.7. The average molecular weight is 443 g/mol. The molecule has 0 bridgehead atoms. The molecule has 7 nitrogen and oxygen atoms in total. The van der Waals surface area contributed by atoms with Gasteiger partial charge in [-0.25, -0.2) is 4.79 Å². The Morgan fingerprint density at radius 2 is 1.84 bits per heavy atom. The van der Waals surface area contributed by atoms with E-state index in [9.17, 15) is 14.4 Å². The number of nitrogens with one attached hydrogen (secondary N) is 1. The lowest BCUT2D eigenvalue weighted by molar-refractivity contribution is -0.135. The molecule has 0 aliphatic carbocycles. The number of hydrogen-bond donors (Lipinski definition) is 1. The van der Waals surface area contributed by atoms with Crippen molar-refractivity contribution in [3.8, 4) is 5.75 Å². The van der Waals surface area contributed by atoms with Gasteiger partial charge in [0.1, 0.15) is 11.3 Å². The lowest BCUT2D eigenvalue weighted by Crippen LogP contribution is -2.37. The van der Waals surface area contributed by atoms with E-state index >= 15 is 0 Å². The van der Waals surface area contributed by atoms with Crippen molar-refractivity contribution in [1.82, 2.24) is 4.90 Å². The first kappa shape index (κ1) is 22.4. The molecule has 31 heavy (non-hydrogen) atoms. The summed E-state index contributed by atoms with van der Waals surface area (Å²) in [6.07, 6.45) is 0. The van der Waals surface area contributed by atoms with Gasteiger partial charge in [-0.15, -0.1) is 0 Å². The van der Waals surface area contributed by atoms with Crippen LogP contribution in [0.4, 0.5) is 5.69 Å². The van der Waals surface area contributed by atoms with Crippen LogP contribution in [0.5, 0.6) is 5.75 Å². The minimum absolute atomic E-state index is 0.130. The Morgan fingerprint density at radius 3 is 2.58 bits per heavy atom. The van der Waals surface area contributed by atoms with Crippen LogP contribution in [0.1, 0.15) is 16.7 Å². The van der Waals surface area contributed by atoms with Crippen LogP contribution < -0.4 is 15.7 Å².